The highest BCUT2D eigenvalue weighted by molar-refractivity contribution is 9.11. The van der Waals surface area contributed by atoms with Gasteiger partial charge in [0.15, 0.2) is 0 Å². The summed E-state index contributed by atoms with van der Waals surface area (Å²) in [5, 5.41) is 0. The molecule has 102 valence electrons. The largest absolute Gasteiger partial charge is 0.327 e. The third-order valence-corrected chi connectivity index (χ3v) is 6.05. The summed E-state index contributed by atoms with van der Waals surface area (Å²) in [6.45, 7) is 7.11. The van der Waals surface area contributed by atoms with Crippen molar-refractivity contribution in [3.63, 3.8) is 0 Å². The molecule has 1 aromatic rings. The lowest BCUT2D eigenvalue weighted by Gasteiger charge is -2.42. The number of halogens is 1. The minimum atomic E-state index is 0.309. The maximum Gasteiger partial charge on any atom is 0.0701 e. The van der Waals surface area contributed by atoms with Crippen molar-refractivity contribution in [2.24, 2.45) is 23.0 Å². The minimum absolute atomic E-state index is 0.309. The molecule has 0 aliphatic heterocycles. The molecule has 3 unspecified atom stereocenters. The van der Waals surface area contributed by atoms with Gasteiger partial charge in [-0.25, -0.2) is 0 Å². The predicted molar refractivity (Wildman–Crippen MR) is 84.0 cm³/mol. The molecule has 1 nitrogen and oxygen atoms in total. The Bertz CT molecular complexity index is 399. The van der Waals surface area contributed by atoms with Gasteiger partial charge < -0.3 is 5.73 Å². The van der Waals surface area contributed by atoms with E-state index in [1.807, 2.05) is 11.3 Å². The van der Waals surface area contributed by atoms with E-state index < -0.39 is 0 Å². The lowest BCUT2D eigenvalue weighted by atomic mass is 9.65. The molecule has 1 aliphatic rings. The number of hydrogen-bond acceptors (Lipinski definition) is 2. The molecule has 1 saturated carbocycles. The fourth-order valence-electron chi connectivity index (χ4n) is 3.42. The van der Waals surface area contributed by atoms with Crippen molar-refractivity contribution < 1.29 is 0 Å². The highest BCUT2D eigenvalue weighted by Crippen LogP contribution is 2.42. The highest BCUT2D eigenvalue weighted by Gasteiger charge is 2.37. The van der Waals surface area contributed by atoms with E-state index in [-0.39, 0.29) is 0 Å². The van der Waals surface area contributed by atoms with Crippen molar-refractivity contribution in [2.75, 3.05) is 0 Å². The van der Waals surface area contributed by atoms with E-state index in [1.54, 1.807) is 0 Å². The zero-order valence-electron chi connectivity index (χ0n) is 11.6. The molecule has 0 saturated heterocycles. The summed E-state index contributed by atoms with van der Waals surface area (Å²) in [5.74, 6) is 1.47. The third kappa shape index (κ3) is 3.37. The molecule has 0 amide bonds. The monoisotopic (exact) mass is 329 g/mol. The van der Waals surface area contributed by atoms with Gasteiger partial charge in [0.25, 0.3) is 0 Å². The van der Waals surface area contributed by atoms with Gasteiger partial charge in [-0.2, -0.15) is 0 Å². The van der Waals surface area contributed by atoms with Crippen LogP contribution in [0, 0.1) is 17.3 Å². The first-order valence-corrected chi connectivity index (χ1v) is 8.49. The number of nitrogens with two attached hydrogens (primary N) is 1. The maximum atomic E-state index is 6.41. The fraction of sp³-hybridized carbons (Fsp3) is 0.733. The zero-order valence-corrected chi connectivity index (χ0v) is 14.0. The quantitative estimate of drug-likeness (QED) is 0.843. The summed E-state index contributed by atoms with van der Waals surface area (Å²) in [7, 11) is 0. The number of hydrogen-bond donors (Lipinski definition) is 1. The summed E-state index contributed by atoms with van der Waals surface area (Å²) < 4.78 is 1.23. The molecule has 0 spiro atoms. The van der Waals surface area contributed by atoms with Crippen molar-refractivity contribution in [3.05, 3.63) is 20.8 Å². The van der Waals surface area contributed by atoms with Gasteiger partial charge in [-0.3, -0.25) is 0 Å². The molecule has 0 radical (unpaired) electrons. The molecule has 1 fully saturated rings. The molecule has 0 aromatic carbocycles. The van der Waals surface area contributed by atoms with Gasteiger partial charge in [-0.05, 0) is 64.6 Å². The standard InChI is InChI=1S/C15H24BrNS/c1-10-4-6-12(13(17)8-10)15(2,3)9-11-5-7-14(16)18-11/h5,7,10,12-13H,4,6,8-9,17H2,1-3H3. The van der Waals surface area contributed by atoms with Crippen LogP contribution in [0.3, 0.4) is 0 Å². The Morgan fingerprint density at radius 3 is 2.67 bits per heavy atom. The molecule has 1 aliphatic carbocycles. The van der Waals surface area contributed by atoms with Crippen LogP contribution in [0.1, 0.15) is 44.9 Å². The zero-order chi connectivity index (χ0) is 13.3. The Labute approximate surface area is 123 Å². The first-order valence-electron chi connectivity index (χ1n) is 6.88. The van der Waals surface area contributed by atoms with Gasteiger partial charge >= 0.3 is 0 Å². The molecule has 2 N–H and O–H groups in total. The molecule has 1 heterocycles. The van der Waals surface area contributed by atoms with Crippen LogP contribution in [0.4, 0.5) is 0 Å². The van der Waals surface area contributed by atoms with Gasteiger partial charge in [0.2, 0.25) is 0 Å². The number of thiophene rings is 1. The number of rotatable bonds is 3. The SMILES string of the molecule is CC1CCC(C(C)(C)Cc2ccc(Br)s2)C(N)C1. The summed E-state index contributed by atoms with van der Waals surface area (Å²) in [4.78, 5) is 1.47. The van der Waals surface area contributed by atoms with E-state index in [2.05, 4.69) is 48.8 Å². The Hall–Kier alpha value is 0.140. The van der Waals surface area contributed by atoms with Crippen LogP contribution in [0.5, 0.6) is 0 Å². The normalized spacial score (nSPS) is 29.5. The van der Waals surface area contributed by atoms with Crippen LogP contribution in [0.2, 0.25) is 0 Å². The summed E-state index contributed by atoms with van der Waals surface area (Å²) in [6, 6.07) is 4.78. The third-order valence-electron chi connectivity index (χ3n) is 4.42. The van der Waals surface area contributed by atoms with Crippen molar-refractivity contribution in [2.45, 2.75) is 52.5 Å². The van der Waals surface area contributed by atoms with E-state index >= 15 is 0 Å². The second kappa shape index (κ2) is 5.64. The smallest absolute Gasteiger partial charge is 0.0701 e. The van der Waals surface area contributed by atoms with Crippen LogP contribution in [0.15, 0.2) is 15.9 Å². The Morgan fingerprint density at radius 1 is 1.39 bits per heavy atom. The Kier molecular flexibility index (Phi) is 4.56. The van der Waals surface area contributed by atoms with Crippen LogP contribution >= 0.6 is 27.3 Å². The average molecular weight is 330 g/mol. The van der Waals surface area contributed by atoms with Crippen LogP contribution in [-0.2, 0) is 6.42 Å². The van der Waals surface area contributed by atoms with Gasteiger partial charge in [0.1, 0.15) is 0 Å². The Balaban J connectivity index is 2.05. The van der Waals surface area contributed by atoms with Crippen molar-refractivity contribution >= 4 is 27.3 Å². The maximum absolute atomic E-state index is 6.41. The van der Waals surface area contributed by atoms with E-state index in [4.69, 9.17) is 5.73 Å². The van der Waals surface area contributed by atoms with Crippen LogP contribution in [0.25, 0.3) is 0 Å². The van der Waals surface area contributed by atoms with E-state index in [0.29, 0.717) is 17.4 Å². The molecule has 18 heavy (non-hydrogen) atoms. The molecule has 2 rings (SSSR count). The molecular weight excluding hydrogens is 306 g/mol. The van der Waals surface area contributed by atoms with E-state index in [1.165, 1.54) is 27.9 Å². The van der Waals surface area contributed by atoms with Gasteiger partial charge in [0, 0.05) is 10.9 Å². The van der Waals surface area contributed by atoms with Crippen molar-refractivity contribution in [1.82, 2.24) is 0 Å². The molecule has 3 heteroatoms. The lowest BCUT2D eigenvalue weighted by Crippen LogP contribution is -2.44. The molecule has 1 aromatic heterocycles. The van der Waals surface area contributed by atoms with Crippen LogP contribution < -0.4 is 5.73 Å². The van der Waals surface area contributed by atoms with Crippen molar-refractivity contribution in [1.29, 1.82) is 0 Å². The molecule has 3 atom stereocenters. The minimum Gasteiger partial charge on any atom is -0.327 e. The second-order valence-electron chi connectivity index (χ2n) is 6.56. The van der Waals surface area contributed by atoms with Gasteiger partial charge in [-0.15, -0.1) is 11.3 Å². The van der Waals surface area contributed by atoms with Gasteiger partial charge in [-0.1, -0.05) is 27.2 Å². The van der Waals surface area contributed by atoms with Crippen molar-refractivity contribution in [3.8, 4) is 0 Å². The Morgan fingerprint density at radius 2 is 2.11 bits per heavy atom. The summed E-state index contributed by atoms with van der Waals surface area (Å²) >= 11 is 5.41. The first-order chi connectivity index (χ1) is 8.38. The first kappa shape index (κ1) is 14.5. The summed E-state index contributed by atoms with van der Waals surface area (Å²) in [5.41, 5.74) is 6.72. The average Bonchev–Trinajstić information content (AvgIpc) is 2.62. The topological polar surface area (TPSA) is 26.0 Å². The predicted octanol–water partition coefficient (Wildman–Crippen LogP) is 4.84. The second-order valence-corrected chi connectivity index (χ2v) is 9.11. The van der Waals surface area contributed by atoms with Crippen LogP contribution in [-0.4, -0.2) is 6.04 Å². The lowest BCUT2D eigenvalue weighted by molar-refractivity contribution is 0.114. The molecule has 0 bridgehead atoms. The highest BCUT2D eigenvalue weighted by atomic mass is 79.9. The summed E-state index contributed by atoms with van der Waals surface area (Å²) in [6.07, 6.45) is 4.98. The fourth-order valence-corrected chi connectivity index (χ4v) is 5.14. The molecular formula is C15H24BrNS. The van der Waals surface area contributed by atoms with E-state index in [9.17, 15) is 0 Å². The van der Waals surface area contributed by atoms with Gasteiger partial charge in [0.05, 0.1) is 3.79 Å². The van der Waals surface area contributed by atoms with E-state index in [0.717, 1.165) is 12.3 Å².